The summed E-state index contributed by atoms with van der Waals surface area (Å²) in [5.74, 6) is -1.61. The average Bonchev–Trinajstić information content (AvgIpc) is 2.45. The van der Waals surface area contributed by atoms with Gasteiger partial charge >= 0.3 is 0 Å². The molecule has 0 aliphatic rings. The summed E-state index contributed by atoms with van der Waals surface area (Å²) in [5, 5.41) is 7.32. The van der Waals surface area contributed by atoms with Gasteiger partial charge in [-0.3, -0.25) is 9.71 Å². The maximum Gasteiger partial charge on any atom is 0.264 e. The molecule has 0 saturated heterocycles. The molecule has 5 nitrogen and oxygen atoms in total. The van der Waals surface area contributed by atoms with Crippen molar-refractivity contribution in [1.82, 2.24) is 0 Å². The number of rotatable bonds is 5. The van der Waals surface area contributed by atoms with Gasteiger partial charge in [-0.2, -0.15) is 0 Å². The van der Waals surface area contributed by atoms with Crippen LogP contribution in [0, 0.1) is 17.0 Å². The van der Waals surface area contributed by atoms with Crippen LogP contribution in [0.4, 0.5) is 14.5 Å². The minimum Gasteiger partial charge on any atom is -0.386 e. The Morgan fingerprint density at radius 1 is 1.09 bits per heavy atom. The molecule has 22 heavy (non-hydrogen) atoms. The molecule has 116 valence electrons. The number of benzene rings is 2. The summed E-state index contributed by atoms with van der Waals surface area (Å²) in [5.41, 5.74) is 5.32. The summed E-state index contributed by atoms with van der Waals surface area (Å²) in [6.45, 7) is -0.441. The van der Waals surface area contributed by atoms with Crippen molar-refractivity contribution < 1.29 is 17.2 Å². The molecular formula is C14H13F2N3O2S. The average molecular weight is 325 g/mol. The summed E-state index contributed by atoms with van der Waals surface area (Å²) >= 11 is 0. The molecule has 0 saturated carbocycles. The van der Waals surface area contributed by atoms with Crippen molar-refractivity contribution >= 4 is 21.5 Å². The van der Waals surface area contributed by atoms with Crippen LogP contribution >= 0.6 is 0 Å². The van der Waals surface area contributed by atoms with E-state index in [1.54, 1.807) is 0 Å². The lowest BCUT2D eigenvalue weighted by molar-refractivity contribution is 0.591. The first kappa shape index (κ1) is 15.9. The summed E-state index contributed by atoms with van der Waals surface area (Å²) in [4.78, 5) is -0.181. The van der Waals surface area contributed by atoms with E-state index in [4.69, 9.17) is 11.1 Å². The first-order valence-corrected chi connectivity index (χ1v) is 7.61. The number of sulfonamides is 1. The minimum atomic E-state index is -4.10. The second kappa shape index (κ2) is 6.10. The molecule has 0 aromatic heterocycles. The highest BCUT2D eigenvalue weighted by atomic mass is 32.2. The van der Waals surface area contributed by atoms with Gasteiger partial charge in [0.05, 0.1) is 17.1 Å². The lowest BCUT2D eigenvalue weighted by Gasteiger charge is -2.24. The summed E-state index contributed by atoms with van der Waals surface area (Å²) in [7, 11) is -4.10. The Morgan fingerprint density at radius 2 is 1.73 bits per heavy atom. The maximum absolute atomic E-state index is 13.4. The molecule has 0 fully saturated rings. The highest BCUT2D eigenvalue weighted by molar-refractivity contribution is 7.92. The van der Waals surface area contributed by atoms with Gasteiger partial charge in [0.15, 0.2) is 0 Å². The van der Waals surface area contributed by atoms with Crippen molar-refractivity contribution in [2.24, 2.45) is 5.73 Å². The molecule has 0 aliphatic heterocycles. The molecule has 0 bridgehead atoms. The molecule has 0 spiro atoms. The zero-order valence-electron chi connectivity index (χ0n) is 11.3. The first-order chi connectivity index (χ1) is 10.3. The van der Waals surface area contributed by atoms with E-state index in [0.717, 1.165) is 34.6 Å². The number of nitrogens with zero attached hydrogens (tertiary/aromatic N) is 1. The van der Waals surface area contributed by atoms with Crippen LogP contribution in [0.3, 0.4) is 0 Å². The summed E-state index contributed by atoms with van der Waals surface area (Å²) in [6, 6.07) is 9.11. The van der Waals surface area contributed by atoms with Gasteiger partial charge < -0.3 is 5.73 Å². The van der Waals surface area contributed by atoms with Gasteiger partial charge in [-0.05, 0) is 42.5 Å². The van der Waals surface area contributed by atoms with Crippen LogP contribution in [-0.2, 0) is 10.0 Å². The Kier molecular flexibility index (Phi) is 4.41. The number of amidine groups is 1. The van der Waals surface area contributed by atoms with E-state index in [0.29, 0.717) is 0 Å². The molecule has 0 amide bonds. The Balaban J connectivity index is 2.53. The number of hydrogen-bond donors (Lipinski definition) is 2. The number of nitrogens with one attached hydrogen (secondary N) is 1. The SMILES string of the molecule is N=C(N)CN(c1cccc(F)c1)S(=O)(=O)c1ccc(F)cc1. The third-order valence-electron chi connectivity index (χ3n) is 2.81. The molecule has 2 rings (SSSR count). The fraction of sp³-hybridized carbons (Fsp3) is 0.0714. The Morgan fingerprint density at radius 3 is 2.27 bits per heavy atom. The van der Waals surface area contributed by atoms with Gasteiger partial charge in [0.1, 0.15) is 17.5 Å². The van der Waals surface area contributed by atoms with Gasteiger partial charge in [0.25, 0.3) is 10.0 Å². The second-order valence-corrected chi connectivity index (χ2v) is 6.33. The normalized spacial score (nSPS) is 11.2. The van der Waals surface area contributed by atoms with E-state index in [2.05, 4.69) is 0 Å². The van der Waals surface area contributed by atoms with Crippen molar-refractivity contribution in [3.05, 3.63) is 60.2 Å². The van der Waals surface area contributed by atoms with Gasteiger partial charge in [-0.25, -0.2) is 17.2 Å². The van der Waals surface area contributed by atoms with E-state index >= 15 is 0 Å². The third-order valence-corrected chi connectivity index (χ3v) is 4.60. The Bertz CT molecular complexity index is 792. The van der Waals surface area contributed by atoms with Crippen molar-refractivity contribution in [3.63, 3.8) is 0 Å². The van der Waals surface area contributed by atoms with Crippen LogP contribution in [0.15, 0.2) is 53.4 Å². The molecular weight excluding hydrogens is 312 g/mol. The van der Waals surface area contributed by atoms with Gasteiger partial charge in [0.2, 0.25) is 0 Å². The van der Waals surface area contributed by atoms with Crippen molar-refractivity contribution in [3.8, 4) is 0 Å². The number of hydrogen-bond acceptors (Lipinski definition) is 3. The smallest absolute Gasteiger partial charge is 0.264 e. The highest BCUT2D eigenvalue weighted by Gasteiger charge is 2.26. The molecule has 0 unspecified atom stereocenters. The largest absolute Gasteiger partial charge is 0.386 e. The van der Waals surface area contributed by atoms with E-state index in [9.17, 15) is 17.2 Å². The van der Waals surface area contributed by atoms with E-state index in [-0.39, 0.29) is 10.6 Å². The molecule has 0 atom stereocenters. The second-order valence-electron chi connectivity index (χ2n) is 4.47. The number of halogens is 2. The lowest BCUT2D eigenvalue weighted by Crippen LogP contribution is -2.38. The highest BCUT2D eigenvalue weighted by Crippen LogP contribution is 2.24. The third kappa shape index (κ3) is 3.40. The van der Waals surface area contributed by atoms with Crippen molar-refractivity contribution in [1.29, 1.82) is 5.41 Å². The summed E-state index contributed by atoms with van der Waals surface area (Å²) in [6.07, 6.45) is 0. The van der Waals surface area contributed by atoms with E-state index < -0.39 is 34.0 Å². The molecule has 2 aromatic rings. The van der Waals surface area contributed by atoms with Crippen LogP contribution in [0.5, 0.6) is 0 Å². The molecule has 8 heteroatoms. The molecule has 2 aromatic carbocycles. The monoisotopic (exact) mass is 325 g/mol. The fourth-order valence-corrected chi connectivity index (χ4v) is 3.27. The fourth-order valence-electron chi connectivity index (χ4n) is 1.83. The molecule has 0 heterocycles. The molecule has 0 aliphatic carbocycles. The predicted molar refractivity (Wildman–Crippen MR) is 79.2 cm³/mol. The molecule has 0 radical (unpaired) electrons. The molecule has 3 N–H and O–H groups in total. The van der Waals surface area contributed by atoms with Crippen LogP contribution < -0.4 is 10.0 Å². The first-order valence-electron chi connectivity index (χ1n) is 6.17. The van der Waals surface area contributed by atoms with Crippen molar-refractivity contribution in [2.75, 3.05) is 10.8 Å². The van der Waals surface area contributed by atoms with E-state index in [1.807, 2.05) is 0 Å². The predicted octanol–water partition coefficient (Wildman–Crippen LogP) is 2.10. The topological polar surface area (TPSA) is 87.2 Å². The Hall–Kier alpha value is -2.48. The van der Waals surface area contributed by atoms with Crippen LogP contribution in [0.1, 0.15) is 0 Å². The van der Waals surface area contributed by atoms with Crippen LogP contribution in [0.2, 0.25) is 0 Å². The quantitative estimate of drug-likeness (QED) is 0.652. The number of anilines is 1. The van der Waals surface area contributed by atoms with Gasteiger partial charge in [-0.1, -0.05) is 6.07 Å². The zero-order valence-corrected chi connectivity index (χ0v) is 12.1. The maximum atomic E-state index is 13.4. The van der Waals surface area contributed by atoms with E-state index in [1.165, 1.54) is 18.2 Å². The standard InChI is InChI=1S/C14H13F2N3O2S/c15-10-4-6-13(7-5-10)22(20,21)19(9-14(17)18)12-3-1-2-11(16)8-12/h1-8H,9H2,(H3,17,18). The van der Waals surface area contributed by atoms with Gasteiger partial charge in [-0.15, -0.1) is 0 Å². The lowest BCUT2D eigenvalue weighted by atomic mass is 10.3. The van der Waals surface area contributed by atoms with Crippen LogP contribution in [-0.4, -0.2) is 20.8 Å². The number of nitrogens with two attached hydrogens (primary N) is 1. The minimum absolute atomic E-state index is 0.0273. The van der Waals surface area contributed by atoms with Gasteiger partial charge in [0, 0.05) is 0 Å². The van der Waals surface area contributed by atoms with Crippen LogP contribution in [0.25, 0.3) is 0 Å². The summed E-state index contributed by atoms with van der Waals surface area (Å²) < 4.78 is 52.3. The van der Waals surface area contributed by atoms with Crippen molar-refractivity contribution in [2.45, 2.75) is 4.90 Å². The Labute approximate surface area is 126 Å². The zero-order chi connectivity index (χ0) is 16.3.